The monoisotopic (exact) mass is 199 g/mol. The number of halogens is 1. The third-order valence-corrected chi connectivity index (χ3v) is 2.13. The van der Waals surface area contributed by atoms with Crippen LogP contribution in [0.3, 0.4) is 0 Å². The van der Waals surface area contributed by atoms with Crippen LogP contribution >= 0.6 is 11.6 Å². The van der Waals surface area contributed by atoms with E-state index in [9.17, 15) is 0 Å². The lowest BCUT2D eigenvalue weighted by atomic mass is 10.2. The van der Waals surface area contributed by atoms with Gasteiger partial charge < -0.3 is 16.8 Å². The minimum atomic E-state index is 0.574. The molecule has 1 aromatic rings. The van der Waals surface area contributed by atoms with Crippen LogP contribution in [-0.4, -0.2) is 13.1 Å². The van der Waals surface area contributed by atoms with Gasteiger partial charge in [0.2, 0.25) is 0 Å². The molecular weight excluding hydrogens is 186 g/mol. The zero-order chi connectivity index (χ0) is 9.84. The van der Waals surface area contributed by atoms with E-state index >= 15 is 0 Å². The molecule has 0 aliphatic heterocycles. The Balaban J connectivity index is 2.88. The van der Waals surface area contributed by atoms with Crippen molar-refractivity contribution in [3.63, 3.8) is 0 Å². The van der Waals surface area contributed by atoms with Gasteiger partial charge >= 0.3 is 0 Å². The molecular formula is C9H14ClN3. The molecule has 0 unspecified atom stereocenters. The van der Waals surface area contributed by atoms with E-state index in [2.05, 4.69) is 5.32 Å². The average molecular weight is 200 g/mol. The minimum Gasteiger partial charge on any atom is -0.398 e. The van der Waals surface area contributed by atoms with E-state index in [1.165, 1.54) is 0 Å². The van der Waals surface area contributed by atoms with Crippen molar-refractivity contribution in [1.82, 2.24) is 0 Å². The second kappa shape index (κ2) is 4.35. The fourth-order valence-corrected chi connectivity index (χ4v) is 1.26. The van der Waals surface area contributed by atoms with Crippen LogP contribution in [0.1, 0.15) is 5.56 Å². The Morgan fingerprint density at radius 1 is 1.46 bits per heavy atom. The third kappa shape index (κ3) is 2.50. The number of anilines is 2. The normalized spacial score (nSPS) is 10.1. The van der Waals surface area contributed by atoms with Gasteiger partial charge in [0.25, 0.3) is 0 Å². The maximum Gasteiger partial charge on any atom is 0.0656 e. The van der Waals surface area contributed by atoms with Crippen LogP contribution in [0.25, 0.3) is 0 Å². The molecule has 72 valence electrons. The minimum absolute atomic E-state index is 0.574. The highest BCUT2D eigenvalue weighted by atomic mass is 35.5. The molecule has 0 atom stereocenters. The van der Waals surface area contributed by atoms with Gasteiger partial charge in [-0.2, -0.15) is 0 Å². The molecule has 0 fully saturated rings. The molecule has 1 aromatic carbocycles. The van der Waals surface area contributed by atoms with Crippen molar-refractivity contribution in [2.24, 2.45) is 5.73 Å². The number of nitrogens with two attached hydrogens (primary N) is 2. The SMILES string of the molecule is Cc1cc(N)c(Cl)cc1NCCN. The topological polar surface area (TPSA) is 64.1 Å². The van der Waals surface area contributed by atoms with Gasteiger partial charge in [0.15, 0.2) is 0 Å². The molecule has 0 spiro atoms. The molecule has 4 heteroatoms. The first-order valence-corrected chi connectivity index (χ1v) is 4.52. The van der Waals surface area contributed by atoms with Gasteiger partial charge in [0.1, 0.15) is 0 Å². The standard InChI is InChI=1S/C9H14ClN3/c1-6-4-8(12)7(10)5-9(6)13-3-2-11/h4-5,13H,2-3,11-12H2,1H3. The molecule has 0 radical (unpaired) electrons. The zero-order valence-electron chi connectivity index (χ0n) is 7.60. The summed E-state index contributed by atoms with van der Waals surface area (Å²) in [6.45, 7) is 3.31. The quantitative estimate of drug-likeness (QED) is 0.648. The summed E-state index contributed by atoms with van der Waals surface area (Å²) in [6.07, 6.45) is 0. The molecule has 0 saturated carbocycles. The van der Waals surface area contributed by atoms with Crippen molar-refractivity contribution in [3.8, 4) is 0 Å². The number of aryl methyl sites for hydroxylation is 1. The second-order valence-corrected chi connectivity index (χ2v) is 3.31. The first-order valence-electron chi connectivity index (χ1n) is 4.14. The lowest BCUT2D eigenvalue weighted by Gasteiger charge is -2.10. The fourth-order valence-electron chi connectivity index (χ4n) is 1.10. The third-order valence-electron chi connectivity index (χ3n) is 1.80. The van der Waals surface area contributed by atoms with Gasteiger partial charge in [-0.05, 0) is 24.6 Å². The maximum atomic E-state index is 5.87. The summed E-state index contributed by atoms with van der Waals surface area (Å²) in [5.41, 5.74) is 13.7. The lowest BCUT2D eigenvalue weighted by Crippen LogP contribution is -2.13. The highest BCUT2D eigenvalue weighted by Crippen LogP contribution is 2.26. The van der Waals surface area contributed by atoms with E-state index in [0.29, 0.717) is 17.3 Å². The maximum absolute atomic E-state index is 5.87. The number of nitrogen functional groups attached to an aromatic ring is 1. The summed E-state index contributed by atoms with van der Waals surface area (Å²) < 4.78 is 0. The predicted molar refractivity (Wildman–Crippen MR) is 58.1 cm³/mol. The van der Waals surface area contributed by atoms with E-state index in [1.54, 1.807) is 0 Å². The molecule has 13 heavy (non-hydrogen) atoms. The second-order valence-electron chi connectivity index (χ2n) is 2.90. The van der Waals surface area contributed by atoms with E-state index in [4.69, 9.17) is 23.1 Å². The number of rotatable bonds is 3. The van der Waals surface area contributed by atoms with Crippen LogP contribution in [0, 0.1) is 6.92 Å². The lowest BCUT2D eigenvalue weighted by molar-refractivity contribution is 1.02. The predicted octanol–water partition coefficient (Wildman–Crippen LogP) is 1.60. The van der Waals surface area contributed by atoms with Crippen LogP contribution < -0.4 is 16.8 Å². The first-order chi connectivity index (χ1) is 6.15. The van der Waals surface area contributed by atoms with Gasteiger partial charge in [-0.15, -0.1) is 0 Å². The van der Waals surface area contributed by atoms with Gasteiger partial charge in [0.05, 0.1) is 10.7 Å². The van der Waals surface area contributed by atoms with Crippen LogP contribution in [0.2, 0.25) is 5.02 Å². The van der Waals surface area contributed by atoms with Crippen molar-refractivity contribution in [3.05, 3.63) is 22.7 Å². The number of nitrogens with one attached hydrogen (secondary N) is 1. The van der Waals surface area contributed by atoms with Crippen LogP contribution in [0.5, 0.6) is 0 Å². The summed E-state index contributed by atoms with van der Waals surface area (Å²) in [7, 11) is 0. The molecule has 3 nitrogen and oxygen atoms in total. The number of hydrogen-bond acceptors (Lipinski definition) is 3. The van der Waals surface area contributed by atoms with Crippen molar-refractivity contribution in [1.29, 1.82) is 0 Å². The summed E-state index contributed by atoms with van der Waals surface area (Å²) >= 11 is 5.87. The van der Waals surface area contributed by atoms with Crippen LogP contribution in [0.4, 0.5) is 11.4 Å². The van der Waals surface area contributed by atoms with Gasteiger partial charge in [0, 0.05) is 18.8 Å². The highest BCUT2D eigenvalue weighted by molar-refractivity contribution is 6.33. The largest absolute Gasteiger partial charge is 0.398 e. The summed E-state index contributed by atoms with van der Waals surface area (Å²) in [6, 6.07) is 3.67. The molecule has 0 aliphatic rings. The van der Waals surface area contributed by atoms with Gasteiger partial charge in [-0.1, -0.05) is 11.6 Å². The molecule has 0 aliphatic carbocycles. The zero-order valence-corrected chi connectivity index (χ0v) is 8.36. The highest BCUT2D eigenvalue weighted by Gasteiger charge is 2.01. The van der Waals surface area contributed by atoms with E-state index < -0.39 is 0 Å². The molecule has 0 amide bonds. The molecule has 0 bridgehead atoms. The Labute approximate surface area is 83.1 Å². The molecule has 0 saturated heterocycles. The molecule has 0 aromatic heterocycles. The smallest absolute Gasteiger partial charge is 0.0656 e. The van der Waals surface area contributed by atoms with E-state index in [-0.39, 0.29) is 0 Å². The summed E-state index contributed by atoms with van der Waals surface area (Å²) in [5, 5.41) is 3.74. The Hall–Kier alpha value is -0.930. The first kappa shape index (κ1) is 10.2. The van der Waals surface area contributed by atoms with E-state index in [0.717, 1.165) is 17.8 Å². The molecule has 5 N–H and O–H groups in total. The fraction of sp³-hybridized carbons (Fsp3) is 0.333. The Bertz CT molecular complexity index is 299. The Kier molecular flexibility index (Phi) is 3.39. The summed E-state index contributed by atoms with van der Waals surface area (Å²) in [5.74, 6) is 0. The average Bonchev–Trinajstić information content (AvgIpc) is 2.09. The summed E-state index contributed by atoms with van der Waals surface area (Å²) in [4.78, 5) is 0. The van der Waals surface area contributed by atoms with E-state index in [1.807, 2.05) is 19.1 Å². The van der Waals surface area contributed by atoms with Crippen molar-refractivity contribution >= 4 is 23.0 Å². The van der Waals surface area contributed by atoms with Gasteiger partial charge in [-0.25, -0.2) is 0 Å². The molecule has 1 rings (SSSR count). The van der Waals surface area contributed by atoms with Crippen molar-refractivity contribution < 1.29 is 0 Å². The number of benzene rings is 1. The van der Waals surface area contributed by atoms with Crippen LogP contribution in [-0.2, 0) is 0 Å². The Morgan fingerprint density at radius 2 is 2.15 bits per heavy atom. The number of hydrogen-bond donors (Lipinski definition) is 3. The Morgan fingerprint density at radius 3 is 2.77 bits per heavy atom. The van der Waals surface area contributed by atoms with Crippen LogP contribution in [0.15, 0.2) is 12.1 Å². The van der Waals surface area contributed by atoms with Crippen molar-refractivity contribution in [2.75, 3.05) is 24.1 Å². The van der Waals surface area contributed by atoms with Gasteiger partial charge in [-0.3, -0.25) is 0 Å². The molecule has 0 heterocycles. The van der Waals surface area contributed by atoms with Crippen molar-refractivity contribution in [2.45, 2.75) is 6.92 Å².